The molecule has 0 radical (unpaired) electrons. The maximum absolute atomic E-state index is 12.9. The minimum absolute atomic E-state index is 0.130. The summed E-state index contributed by atoms with van der Waals surface area (Å²) in [5, 5.41) is 2.80. The lowest BCUT2D eigenvalue weighted by Gasteiger charge is -2.20. The predicted octanol–water partition coefficient (Wildman–Crippen LogP) is 3.42. The summed E-state index contributed by atoms with van der Waals surface area (Å²) in [7, 11) is -3.52. The number of hydrogen-bond donors (Lipinski definition) is 1. The van der Waals surface area contributed by atoms with E-state index in [1.165, 1.54) is 12.1 Å². The van der Waals surface area contributed by atoms with Gasteiger partial charge in [0.05, 0.1) is 15.9 Å². The van der Waals surface area contributed by atoms with Gasteiger partial charge in [-0.3, -0.25) is 13.9 Å². The minimum Gasteiger partial charge on any atom is -0.326 e. The van der Waals surface area contributed by atoms with E-state index < -0.39 is 10.0 Å². The topological polar surface area (TPSA) is 93.4 Å². The maximum atomic E-state index is 12.9. The van der Waals surface area contributed by atoms with Crippen LogP contribution >= 0.6 is 0 Å². The fourth-order valence-corrected chi connectivity index (χ4v) is 5.89. The third kappa shape index (κ3) is 4.89. The summed E-state index contributed by atoms with van der Waals surface area (Å²) in [6, 6.07) is 13.8. The van der Waals surface area contributed by atoms with Crippen molar-refractivity contribution >= 4 is 32.7 Å². The van der Waals surface area contributed by atoms with Gasteiger partial charge >= 0.3 is 5.69 Å². The molecule has 9 heteroatoms. The zero-order valence-electron chi connectivity index (χ0n) is 18.9. The van der Waals surface area contributed by atoms with Crippen LogP contribution in [0.5, 0.6) is 0 Å². The number of imidazole rings is 1. The molecule has 1 saturated heterocycles. The van der Waals surface area contributed by atoms with E-state index in [0.717, 1.165) is 36.7 Å². The number of hydrogen-bond acceptors (Lipinski definition) is 4. The molecule has 1 aliphatic heterocycles. The third-order valence-corrected chi connectivity index (χ3v) is 8.06. The maximum Gasteiger partial charge on any atom is 0.329 e. The molecule has 0 spiro atoms. The Morgan fingerprint density at radius 2 is 1.52 bits per heavy atom. The number of benzene rings is 2. The first-order valence-corrected chi connectivity index (χ1v) is 12.9. The molecule has 0 atom stereocenters. The lowest BCUT2D eigenvalue weighted by molar-refractivity contribution is -0.116. The third-order valence-electron chi connectivity index (χ3n) is 6.14. The number of nitrogens with zero attached hydrogens (tertiary/aromatic N) is 3. The monoisotopic (exact) mass is 470 g/mol. The SMILES string of the molecule is CCn1c(=O)n(CCC(=O)Nc2ccc(S(=O)(=O)N3CCCCCC3)cc2)c2ccccc21. The summed E-state index contributed by atoms with van der Waals surface area (Å²) < 4.78 is 30.7. The van der Waals surface area contributed by atoms with Gasteiger partial charge < -0.3 is 5.32 Å². The lowest BCUT2D eigenvalue weighted by Crippen LogP contribution is -2.31. The first-order chi connectivity index (χ1) is 15.9. The Hall–Kier alpha value is -2.91. The molecule has 1 aliphatic rings. The second-order valence-electron chi connectivity index (χ2n) is 8.31. The number of carbonyl (C=O) groups excluding carboxylic acids is 1. The van der Waals surface area contributed by atoms with E-state index in [9.17, 15) is 18.0 Å². The molecule has 1 amide bonds. The fourth-order valence-electron chi connectivity index (χ4n) is 4.37. The molecule has 0 aliphatic carbocycles. The van der Waals surface area contributed by atoms with Gasteiger partial charge in [-0.1, -0.05) is 25.0 Å². The van der Waals surface area contributed by atoms with Gasteiger partial charge in [0.25, 0.3) is 0 Å². The molecule has 176 valence electrons. The predicted molar refractivity (Wildman–Crippen MR) is 129 cm³/mol. The van der Waals surface area contributed by atoms with Gasteiger partial charge in [0, 0.05) is 38.3 Å². The van der Waals surface area contributed by atoms with Crippen molar-refractivity contribution in [3.05, 3.63) is 59.0 Å². The number of amides is 1. The molecule has 33 heavy (non-hydrogen) atoms. The standard InChI is InChI=1S/C24H30N4O4S/c1-2-27-21-9-5-6-10-22(21)28(24(27)30)18-15-23(29)25-19-11-13-20(14-12-19)33(31,32)26-16-7-3-4-8-17-26/h5-6,9-14H,2-4,7-8,15-18H2,1H3,(H,25,29). The van der Waals surface area contributed by atoms with Crippen LogP contribution in [0.2, 0.25) is 0 Å². The van der Waals surface area contributed by atoms with E-state index in [0.29, 0.717) is 25.3 Å². The van der Waals surface area contributed by atoms with Crippen molar-refractivity contribution < 1.29 is 13.2 Å². The molecule has 1 aromatic heterocycles. The molecule has 8 nitrogen and oxygen atoms in total. The number of aryl methyl sites for hydroxylation is 2. The highest BCUT2D eigenvalue weighted by Crippen LogP contribution is 2.22. The van der Waals surface area contributed by atoms with Crippen LogP contribution in [-0.2, 0) is 27.9 Å². The molecule has 2 heterocycles. The van der Waals surface area contributed by atoms with Crippen LogP contribution in [0.3, 0.4) is 0 Å². The van der Waals surface area contributed by atoms with Crippen LogP contribution in [0.4, 0.5) is 5.69 Å². The highest BCUT2D eigenvalue weighted by molar-refractivity contribution is 7.89. The summed E-state index contributed by atoms with van der Waals surface area (Å²) in [6.45, 7) is 3.84. The van der Waals surface area contributed by atoms with Crippen molar-refractivity contribution in [2.24, 2.45) is 0 Å². The van der Waals surface area contributed by atoms with Crippen LogP contribution in [-0.4, -0.2) is 40.9 Å². The Balaban J connectivity index is 1.41. The van der Waals surface area contributed by atoms with Gasteiger partial charge in [0.2, 0.25) is 15.9 Å². The highest BCUT2D eigenvalue weighted by Gasteiger charge is 2.25. The van der Waals surface area contributed by atoms with Crippen LogP contribution in [0, 0.1) is 0 Å². The summed E-state index contributed by atoms with van der Waals surface area (Å²) in [5.74, 6) is -0.238. The minimum atomic E-state index is -3.52. The molecule has 2 aromatic carbocycles. The number of anilines is 1. The molecule has 0 saturated carbocycles. The highest BCUT2D eigenvalue weighted by atomic mass is 32.2. The summed E-state index contributed by atoms with van der Waals surface area (Å²) >= 11 is 0. The summed E-state index contributed by atoms with van der Waals surface area (Å²) in [5.41, 5.74) is 2.06. The van der Waals surface area contributed by atoms with Crippen molar-refractivity contribution in [1.82, 2.24) is 13.4 Å². The van der Waals surface area contributed by atoms with Gasteiger partial charge in [-0.05, 0) is 56.2 Å². The van der Waals surface area contributed by atoms with Gasteiger partial charge in [-0.15, -0.1) is 0 Å². The van der Waals surface area contributed by atoms with E-state index in [2.05, 4.69) is 5.32 Å². The van der Waals surface area contributed by atoms with E-state index in [4.69, 9.17) is 0 Å². The number of sulfonamides is 1. The summed E-state index contributed by atoms with van der Waals surface area (Å²) in [4.78, 5) is 25.5. The molecular formula is C24H30N4O4S. The van der Waals surface area contributed by atoms with Crippen molar-refractivity contribution in [2.75, 3.05) is 18.4 Å². The Labute approximate surface area is 193 Å². The molecule has 0 bridgehead atoms. The molecule has 0 unspecified atom stereocenters. The first kappa shape index (κ1) is 23.3. The quantitative estimate of drug-likeness (QED) is 0.573. The number of nitrogens with one attached hydrogen (secondary N) is 1. The average molecular weight is 471 g/mol. The Morgan fingerprint density at radius 1 is 0.909 bits per heavy atom. The molecule has 4 rings (SSSR count). The normalized spacial score (nSPS) is 15.4. The second-order valence-corrected chi connectivity index (χ2v) is 10.2. The number of para-hydroxylation sites is 2. The molecular weight excluding hydrogens is 440 g/mol. The Kier molecular flexibility index (Phi) is 6.99. The summed E-state index contributed by atoms with van der Waals surface area (Å²) in [6.07, 6.45) is 4.01. The second kappa shape index (κ2) is 9.93. The number of carbonyl (C=O) groups is 1. The van der Waals surface area contributed by atoms with Crippen molar-refractivity contribution in [2.45, 2.75) is 57.0 Å². The number of aromatic nitrogens is 2. The molecule has 3 aromatic rings. The average Bonchev–Trinajstić information content (AvgIpc) is 2.97. The van der Waals surface area contributed by atoms with Crippen molar-refractivity contribution in [3.63, 3.8) is 0 Å². The van der Waals surface area contributed by atoms with E-state index >= 15 is 0 Å². The van der Waals surface area contributed by atoms with Crippen LogP contribution in [0.25, 0.3) is 11.0 Å². The molecule has 1 fully saturated rings. The van der Waals surface area contributed by atoms with Gasteiger partial charge in [-0.2, -0.15) is 4.31 Å². The zero-order valence-corrected chi connectivity index (χ0v) is 19.7. The zero-order chi connectivity index (χ0) is 23.4. The van der Waals surface area contributed by atoms with E-state index in [1.807, 2.05) is 31.2 Å². The number of rotatable bonds is 7. The van der Waals surface area contributed by atoms with E-state index in [1.54, 1.807) is 25.6 Å². The van der Waals surface area contributed by atoms with Gasteiger partial charge in [0.15, 0.2) is 0 Å². The lowest BCUT2D eigenvalue weighted by atomic mass is 10.2. The number of fused-ring (bicyclic) bond motifs is 1. The smallest absolute Gasteiger partial charge is 0.326 e. The van der Waals surface area contributed by atoms with Crippen LogP contribution in [0.1, 0.15) is 39.0 Å². The van der Waals surface area contributed by atoms with Gasteiger partial charge in [0.1, 0.15) is 0 Å². The fraction of sp³-hybridized carbons (Fsp3) is 0.417. The first-order valence-electron chi connectivity index (χ1n) is 11.5. The Bertz CT molecular complexity index is 1280. The largest absolute Gasteiger partial charge is 0.329 e. The Morgan fingerprint density at radius 3 is 2.12 bits per heavy atom. The van der Waals surface area contributed by atoms with Crippen molar-refractivity contribution in [1.29, 1.82) is 0 Å². The van der Waals surface area contributed by atoms with Crippen LogP contribution in [0.15, 0.2) is 58.2 Å². The van der Waals surface area contributed by atoms with E-state index in [-0.39, 0.29) is 29.5 Å². The van der Waals surface area contributed by atoms with Crippen LogP contribution < -0.4 is 11.0 Å². The molecule has 1 N–H and O–H groups in total. The van der Waals surface area contributed by atoms with Gasteiger partial charge in [-0.25, -0.2) is 13.2 Å². The van der Waals surface area contributed by atoms with Crippen molar-refractivity contribution in [3.8, 4) is 0 Å².